The third-order valence-corrected chi connectivity index (χ3v) is 9.86. The van der Waals surface area contributed by atoms with Crippen LogP contribution in [0.3, 0.4) is 0 Å². The molecule has 0 saturated carbocycles. The highest BCUT2D eigenvalue weighted by Gasteiger charge is 2.52. The van der Waals surface area contributed by atoms with Gasteiger partial charge in [0.25, 0.3) is 8.32 Å². The van der Waals surface area contributed by atoms with Gasteiger partial charge in [-0.2, -0.15) is 0 Å². The number of benzene rings is 2. The summed E-state index contributed by atoms with van der Waals surface area (Å²) >= 11 is 0. The summed E-state index contributed by atoms with van der Waals surface area (Å²) < 4.78 is 11.7. The molecule has 0 aliphatic heterocycles. The van der Waals surface area contributed by atoms with E-state index in [1.807, 2.05) is 60.7 Å². The fourth-order valence-corrected chi connectivity index (χ4v) is 7.97. The number of carbonyl (C=O) groups excluding carboxylic acids is 1. The first-order chi connectivity index (χ1) is 13.1. The fraction of sp³-hybridized carbons (Fsp3) is 0.364. The zero-order valence-electron chi connectivity index (χ0n) is 17.0. The zero-order valence-corrected chi connectivity index (χ0v) is 18.0. The molecule has 0 fully saturated rings. The summed E-state index contributed by atoms with van der Waals surface area (Å²) in [7, 11) is -2.90. The van der Waals surface area contributed by atoms with E-state index in [0.29, 0.717) is 0 Å². The minimum absolute atomic E-state index is 0.289. The van der Waals surface area contributed by atoms with Gasteiger partial charge in [-0.25, -0.2) is 9.59 Å². The smallest absolute Gasteiger partial charge is 0.344 e. The van der Waals surface area contributed by atoms with Crippen molar-refractivity contribution in [2.45, 2.75) is 51.9 Å². The van der Waals surface area contributed by atoms with Gasteiger partial charge in [0.05, 0.1) is 0 Å². The molecule has 28 heavy (non-hydrogen) atoms. The molecule has 0 aliphatic rings. The molecule has 2 atom stereocenters. The van der Waals surface area contributed by atoms with E-state index in [9.17, 15) is 9.59 Å². The van der Waals surface area contributed by atoms with E-state index < -0.39 is 32.5 Å². The first kappa shape index (κ1) is 21.9. The average Bonchev–Trinajstić information content (AvgIpc) is 2.66. The zero-order chi connectivity index (χ0) is 20.9. The Balaban J connectivity index is 2.53. The normalized spacial score (nSPS) is 14.2. The summed E-state index contributed by atoms with van der Waals surface area (Å²) in [6, 6.07) is 19.9. The summed E-state index contributed by atoms with van der Waals surface area (Å²) in [5, 5.41) is 10.8. The molecule has 0 amide bonds. The molecule has 0 bridgehead atoms. The number of hydrogen-bond acceptors (Lipinski definition) is 4. The van der Waals surface area contributed by atoms with Crippen LogP contribution in [0.25, 0.3) is 0 Å². The van der Waals surface area contributed by atoms with E-state index in [4.69, 9.17) is 14.3 Å². The highest BCUT2D eigenvalue weighted by Crippen LogP contribution is 2.37. The molecule has 0 aliphatic carbocycles. The van der Waals surface area contributed by atoms with Crippen LogP contribution in [0.2, 0.25) is 5.04 Å². The first-order valence-electron chi connectivity index (χ1n) is 9.31. The molecule has 0 spiro atoms. The van der Waals surface area contributed by atoms with Gasteiger partial charge >= 0.3 is 11.9 Å². The number of ether oxygens (including phenoxy) is 1. The van der Waals surface area contributed by atoms with Crippen LogP contribution in [0.4, 0.5) is 0 Å². The largest absolute Gasteiger partial charge is 0.479 e. The van der Waals surface area contributed by atoms with E-state index in [2.05, 4.69) is 20.8 Å². The van der Waals surface area contributed by atoms with Crippen molar-refractivity contribution in [2.75, 3.05) is 0 Å². The highest BCUT2D eigenvalue weighted by atomic mass is 28.4. The van der Waals surface area contributed by atoms with Gasteiger partial charge in [0.2, 0.25) is 0 Å². The Hall–Kier alpha value is -2.44. The summed E-state index contributed by atoms with van der Waals surface area (Å²) in [5.74, 6) is -1.87. The predicted molar refractivity (Wildman–Crippen MR) is 111 cm³/mol. The lowest BCUT2D eigenvalue weighted by atomic mass is 10.2. The molecular weight excluding hydrogens is 372 g/mol. The molecule has 150 valence electrons. The van der Waals surface area contributed by atoms with Crippen LogP contribution in [0.5, 0.6) is 0 Å². The van der Waals surface area contributed by atoms with Crippen molar-refractivity contribution in [3.63, 3.8) is 0 Å². The maximum Gasteiger partial charge on any atom is 0.344 e. The van der Waals surface area contributed by atoms with Gasteiger partial charge < -0.3 is 14.3 Å². The fourth-order valence-electron chi connectivity index (χ4n) is 3.33. The molecule has 2 aromatic carbocycles. The Kier molecular flexibility index (Phi) is 6.80. The van der Waals surface area contributed by atoms with Gasteiger partial charge in [-0.05, 0) is 29.3 Å². The van der Waals surface area contributed by atoms with E-state index >= 15 is 0 Å². The van der Waals surface area contributed by atoms with Crippen molar-refractivity contribution in [3.05, 3.63) is 60.7 Å². The van der Waals surface area contributed by atoms with Crippen LogP contribution in [0.15, 0.2) is 60.7 Å². The number of hydrogen-bond donors (Lipinski definition) is 1. The number of esters is 1. The quantitative estimate of drug-likeness (QED) is 0.571. The van der Waals surface area contributed by atoms with Crippen LogP contribution >= 0.6 is 0 Å². The molecule has 0 unspecified atom stereocenters. The van der Waals surface area contributed by atoms with Crippen LogP contribution in [0, 0.1) is 0 Å². The predicted octanol–water partition coefficient (Wildman–Crippen LogP) is 2.97. The van der Waals surface area contributed by atoms with Crippen molar-refractivity contribution in [2.24, 2.45) is 0 Å². The molecular formula is C22H28O5Si. The van der Waals surface area contributed by atoms with Gasteiger partial charge in [-0.3, -0.25) is 0 Å². The Morgan fingerprint density at radius 3 is 1.64 bits per heavy atom. The monoisotopic (exact) mass is 400 g/mol. The van der Waals surface area contributed by atoms with E-state index in [1.165, 1.54) is 6.92 Å². The third-order valence-electron chi connectivity index (χ3n) is 4.74. The highest BCUT2D eigenvalue weighted by molar-refractivity contribution is 6.99. The number of carboxylic acid groups (broad SMARTS) is 1. The summed E-state index contributed by atoms with van der Waals surface area (Å²) in [6.07, 6.45) is -2.13. The lowest BCUT2D eigenvalue weighted by molar-refractivity contribution is -0.167. The second kappa shape index (κ2) is 8.71. The maximum absolute atomic E-state index is 12.5. The SMILES string of the molecule is C[C@H](OC(=O)[C@H](C)O[Si](c1ccccc1)(c1ccccc1)C(C)(C)C)C(=O)O. The van der Waals surface area contributed by atoms with Crippen LogP contribution < -0.4 is 10.4 Å². The molecule has 6 heteroatoms. The third kappa shape index (κ3) is 4.51. The number of carbonyl (C=O) groups is 2. The van der Waals surface area contributed by atoms with Crippen LogP contribution in [0.1, 0.15) is 34.6 Å². The standard InChI is InChI=1S/C22H28O5Si/c1-16(20(23)24)26-21(25)17(2)27-28(22(3,4)5,18-12-8-6-9-13-18)19-14-10-7-11-15-19/h6-17H,1-5H3,(H,23,24)/t16-,17-/m0/s1. The topological polar surface area (TPSA) is 72.8 Å². The van der Waals surface area contributed by atoms with Gasteiger partial charge in [-0.15, -0.1) is 0 Å². The molecule has 2 rings (SSSR count). The van der Waals surface area contributed by atoms with Crippen molar-refractivity contribution in [1.29, 1.82) is 0 Å². The summed E-state index contributed by atoms with van der Waals surface area (Å²) in [6.45, 7) is 9.28. The second-order valence-corrected chi connectivity index (χ2v) is 12.1. The van der Waals surface area contributed by atoms with E-state index in [-0.39, 0.29) is 5.04 Å². The Morgan fingerprint density at radius 1 is 0.857 bits per heavy atom. The first-order valence-corrected chi connectivity index (χ1v) is 11.2. The summed E-state index contributed by atoms with van der Waals surface area (Å²) in [5.41, 5.74) is 0. The van der Waals surface area contributed by atoms with Gasteiger partial charge in [0.15, 0.2) is 6.10 Å². The maximum atomic E-state index is 12.5. The van der Waals surface area contributed by atoms with Crippen LogP contribution in [-0.4, -0.2) is 37.6 Å². The Labute approximate surface area is 167 Å². The summed E-state index contributed by atoms with van der Waals surface area (Å²) in [4.78, 5) is 23.6. The molecule has 0 saturated heterocycles. The van der Waals surface area contributed by atoms with E-state index in [1.54, 1.807) is 6.92 Å². The molecule has 2 aromatic rings. The average molecular weight is 401 g/mol. The van der Waals surface area contributed by atoms with Crippen molar-refractivity contribution >= 4 is 30.6 Å². The van der Waals surface area contributed by atoms with Gasteiger partial charge in [0, 0.05) is 0 Å². The molecule has 1 N–H and O–H groups in total. The number of aliphatic carboxylic acids is 1. The molecule has 0 radical (unpaired) electrons. The van der Waals surface area contributed by atoms with Crippen LogP contribution in [-0.2, 0) is 18.8 Å². The van der Waals surface area contributed by atoms with Crippen molar-refractivity contribution in [3.8, 4) is 0 Å². The van der Waals surface area contributed by atoms with Gasteiger partial charge in [-0.1, -0.05) is 81.4 Å². The molecule has 0 aromatic heterocycles. The molecule has 5 nitrogen and oxygen atoms in total. The second-order valence-electron chi connectivity index (χ2n) is 7.84. The lowest BCUT2D eigenvalue weighted by Gasteiger charge is -2.44. The minimum Gasteiger partial charge on any atom is -0.479 e. The molecule has 0 heterocycles. The lowest BCUT2D eigenvalue weighted by Crippen LogP contribution is -2.68. The number of carboxylic acids is 1. The number of rotatable bonds is 7. The minimum atomic E-state index is -2.90. The van der Waals surface area contributed by atoms with Gasteiger partial charge in [0.1, 0.15) is 6.10 Å². The Bertz CT molecular complexity index is 759. The van der Waals surface area contributed by atoms with E-state index in [0.717, 1.165) is 10.4 Å². The Morgan fingerprint density at radius 2 is 1.29 bits per heavy atom. The van der Waals surface area contributed by atoms with Crippen molar-refractivity contribution in [1.82, 2.24) is 0 Å². The van der Waals surface area contributed by atoms with Crippen molar-refractivity contribution < 1.29 is 23.9 Å².